The summed E-state index contributed by atoms with van der Waals surface area (Å²) in [6, 6.07) is 1.40. The topological polar surface area (TPSA) is 72.3 Å². The van der Waals surface area contributed by atoms with Crippen molar-refractivity contribution in [1.29, 1.82) is 0 Å². The molecule has 2 aromatic rings. The van der Waals surface area contributed by atoms with Crippen LogP contribution in [0.3, 0.4) is 0 Å². The van der Waals surface area contributed by atoms with E-state index in [2.05, 4.69) is 9.97 Å². The largest absolute Gasteiger partial charge is 0.484 e. The zero-order valence-electron chi connectivity index (χ0n) is 8.16. The van der Waals surface area contributed by atoms with E-state index < -0.39 is 5.97 Å². The number of aromatic nitrogens is 2. The lowest BCUT2D eigenvalue weighted by molar-refractivity contribution is 0.0691. The molecule has 0 saturated heterocycles. The summed E-state index contributed by atoms with van der Waals surface area (Å²) >= 11 is 1.45. The van der Waals surface area contributed by atoms with Crippen LogP contribution in [0.2, 0.25) is 0 Å². The number of hydrogen-bond acceptors (Lipinski definition) is 5. The van der Waals surface area contributed by atoms with Crippen LogP contribution in [-0.2, 0) is 6.61 Å². The van der Waals surface area contributed by atoms with Gasteiger partial charge in [-0.15, -0.1) is 11.3 Å². The van der Waals surface area contributed by atoms with Crippen LogP contribution in [0.15, 0.2) is 30.0 Å². The number of nitrogens with zero attached hydrogens (tertiary/aromatic N) is 2. The number of carboxylic acid groups (broad SMARTS) is 1. The maximum absolute atomic E-state index is 10.9. The van der Waals surface area contributed by atoms with Gasteiger partial charge in [0.15, 0.2) is 5.75 Å². The summed E-state index contributed by atoms with van der Waals surface area (Å²) in [5, 5.41) is 11.5. The van der Waals surface area contributed by atoms with Crippen LogP contribution in [-0.4, -0.2) is 21.0 Å². The van der Waals surface area contributed by atoms with Crippen LogP contribution < -0.4 is 4.74 Å². The van der Waals surface area contributed by atoms with E-state index in [1.54, 1.807) is 6.20 Å². The van der Waals surface area contributed by atoms with Gasteiger partial charge in [-0.1, -0.05) is 0 Å². The van der Waals surface area contributed by atoms with E-state index in [1.165, 1.54) is 29.8 Å². The molecule has 2 aromatic heterocycles. The lowest BCUT2D eigenvalue weighted by Crippen LogP contribution is -2.03. The molecule has 0 fully saturated rings. The molecule has 0 radical (unpaired) electrons. The van der Waals surface area contributed by atoms with Crippen molar-refractivity contribution < 1.29 is 14.6 Å². The summed E-state index contributed by atoms with van der Waals surface area (Å²) < 4.78 is 5.35. The van der Waals surface area contributed by atoms with Gasteiger partial charge in [0.05, 0.1) is 6.20 Å². The molecule has 0 unspecified atom stereocenters. The average Bonchev–Trinajstić information content (AvgIpc) is 2.79. The van der Waals surface area contributed by atoms with Gasteiger partial charge in [-0.2, -0.15) is 0 Å². The Balaban J connectivity index is 2.12. The van der Waals surface area contributed by atoms with Gasteiger partial charge < -0.3 is 9.84 Å². The molecule has 0 saturated carbocycles. The molecule has 0 bridgehead atoms. The SMILES string of the molecule is O=C(O)c1ccncc1OCc1nccs1. The first-order chi connectivity index (χ1) is 7.77. The van der Waals surface area contributed by atoms with E-state index >= 15 is 0 Å². The minimum Gasteiger partial charge on any atom is -0.484 e. The molecule has 2 rings (SSSR count). The van der Waals surface area contributed by atoms with Crippen LogP contribution in [0.4, 0.5) is 0 Å². The summed E-state index contributed by atoms with van der Waals surface area (Å²) in [5.41, 5.74) is 0.103. The van der Waals surface area contributed by atoms with E-state index in [0.717, 1.165) is 5.01 Å². The molecular formula is C10H8N2O3S. The second-order valence-electron chi connectivity index (χ2n) is 2.89. The lowest BCUT2D eigenvalue weighted by atomic mass is 10.2. The van der Waals surface area contributed by atoms with Crippen molar-refractivity contribution in [3.63, 3.8) is 0 Å². The smallest absolute Gasteiger partial charge is 0.339 e. The molecule has 5 nitrogen and oxygen atoms in total. The van der Waals surface area contributed by atoms with Gasteiger partial charge in [0.1, 0.15) is 17.2 Å². The number of carbonyl (C=O) groups is 1. The third-order valence-electron chi connectivity index (χ3n) is 1.85. The molecule has 0 aliphatic heterocycles. The molecule has 0 atom stereocenters. The van der Waals surface area contributed by atoms with Gasteiger partial charge in [-0.25, -0.2) is 9.78 Å². The Morgan fingerprint density at radius 2 is 2.38 bits per heavy atom. The lowest BCUT2D eigenvalue weighted by Gasteiger charge is -2.06. The molecule has 0 spiro atoms. The fourth-order valence-corrected chi connectivity index (χ4v) is 1.66. The van der Waals surface area contributed by atoms with Crippen molar-refractivity contribution in [2.45, 2.75) is 6.61 Å². The van der Waals surface area contributed by atoms with Crippen molar-refractivity contribution >= 4 is 17.3 Å². The van der Waals surface area contributed by atoms with Crippen molar-refractivity contribution in [2.75, 3.05) is 0 Å². The van der Waals surface area contributed by atoms with Gasteiger partial charge in [0, 0.05) is 17.8 Å². The van der Waals surface area contributed by atoms with Crippen LogP contribution in [0.1, 0.15) is 15.4 Å². The maximum atomic E-state index is 10.9. The number of rotatable bonds is 4. The molecule has 0 aliphatic rings. The summed E-state index contributed by atoms with van der Waals surface area (Å²) in [7, 11) is 0. The number of thiazole rings is 1. The van der Waals surface area contributed by atoms with Gasteiger partial charge >= 0.3 is 5.97 Å². The second-order valence-corrected chi connectivity index (χ2v) is 3.87. The van der Waals surface area contributed by atoms with Gasteiger partial charge in [0.25, 0.3) is 0 Å². The monoisotopic (exact) mass is 236 g/mol. The molecule has 0 aliphatic carbocycles. The number of hydrogen-bond donors (Lipinski definition) is 1. The summed E-state index contributed by atoms with van der Waals surface area (Å²) in [6.45, 7) is 0.254. The van der Waals surface area contributed by atoms with Crippen LogP contribution >= 0.6 is 11.3 Å². The Kier molecular flexibility index (Phi) is 3.11. The highest BCUT2D eigenvalue weighted by atomic mass is 32.1. The Bertz CT molecular complexity index is 485. The Labute approximate surface area is 95.4 Å². The quantitative estimate of drug-likeness (QED) is 0.876. The van der Waals surface area contributed by atoms with E-state index in [-0.39, 0.29) is 17.9 Å². The molecule has 0 aromatic carbocycles. The average molecular weight is 236 g/mol. The minimum atomic E-state index is -1.03. The molecule has 6 heteroatoms. The summed E-state index contributed by atoms with van der Waals surface area (Å²) in [4.78, 5) is 18.7. The first-order valence-corrected chi connectivity index (χ1v) is 5.34. The zero-order valence-corrected chi connectivity index (χ0v) is 8.98. The molecule has 2 heterocycles. The fraction of sp³-hybridized carbons (Fsp3) is 0.100. The standard InChI is InChI=1S/C10H8N2O3S/c13-10(14)7-1-2-11-5-8(7)15-6-9-12-3-4-16-9/h1-5H,6H2,(H,13,14). The van der Waals surface area contributed by atoms with Crippen molar-refractivity contribution in [1.82, 2.24) is 9.97 Å². The predicted molar refractivity (Wildman–Crippen MR) is 57.6 cm³/mol. The van der Waals surface area contributed by atoms with Crippen molar-refractivity contribution in [3.05, 3.63) is 40.6 Å². The maximum Gasteiger partial charge on any atom is 0.339 e. The predicted octanol–water partition coefficient (Wildman–Crippen LogP) is 1.82. The van der Waals surface area contributed by atoms with E-state index in [0.29, 0.717) is 0 Å². The third kappa shape index (κ3) is 2.34. The van der Waals surface area contributed by atoms with E-state index in [1.807, 2.05) is 5.38 Å². The van der Waals surface area contributed by atoms with E-state index in [4.69, 9.17) is 9.84 Å². The van der Waals surface area contributed by atoms with Crippen LogP contribution in [0.25, 0.3) is 0 Å². The molecule has 1 N–H and O–H groups in total. The van der Waals surface area contributed by atoms with Gasteiger partial charge in [-0.3, -0.25) is 4.98 Å². The Morgan fingerprint density at radius 1 is 1.50 bits per heavy atom. The number of carboxylic acids is 1. The molecular weight excluding hydrogens is 228 g/mol. The van der Waals surface area contributed by atoms with Crippen molar-refractivity contribution in [2.24, 2.45) is 0 Å². The van der Waals surface area contributed by atoms with Gasteiger partial charge in [-0.05, 0) is 6.07 Å². The van der Waals surface area contributed by atoms with Gasteiger partial charge in [0.2, 0.25) is 0 Å². The van der Waals surface area contributed by atoms with Crippen molar-refractivity contribution in [3.8, 4) is 5.75 Å². The summed E-state index contributed by atoms with van der Waals surface area (Å²) in [6.07, 6.45) is 4.47. The molecule has 0 amide bonds. The summed E-state index contributed by atoms with van der Waals surface area (Å²) in [5.74, 6) is -0.776. The number of pyridine rings is 1. The molecule has 16 heavy (non-hydrogen) atoms. The highest BCUT2D eigenvalue weighted by Gasteiger charge is 2.11. The van der Waals surface area contributed by atoms with Crippen LogP contribution in [0.5, 0.6) is 5.75 Å². The molecule has 82 valence electrons. The Morgan fingerprint density at radius 3 is 3.06 bits per heavy atom. The number of ether oxygens (including phenoxy) is 1. The zero-order chi connectivity index (χ0) is 11.4. The minimum absolute atomic E-state index is 0.103. The highest BCUT2D eigenvalue weighted by Crippen LogP contribution is 2.18. The second kappa shape index (κ2) is 4.71. The first-order valence-electron chi connectivity index (χ1n) is 4.46. The third-order valence-corrected chi connectivity index (χ3v) is 2.60. The first kappa shape index (κ1) is 10.6. The van der Waals surface area contributed by atoms with Crippen LogP contribution in [0, 0.1) is 0 Å². The fourth-order valence-electron chi connectivity index (χ4n) is 1.14. The normalized spacial score (nSPS) is 10.0. The highest BCUT2D eigenvalue weighted by molar-refractivity contribution is 7.09. The number of aromatic carboxylic acids is 1. The Hall–Kier alpha value is -1.95. The van der Waals surface area contributed by atoms with E-state index in [9.17, 15) is 4.79 Å².